The third-order valence-corrected chi connectivity index (χ3v) is 8.34. The van der Waals surface area contributed by atoms with Gasteiger partial charge >= 0.3 is 18.0 Å². The molecular weight excluding hydrogens is 591 g/mol. The number of piperazine rings is 1. The predicted octanol–water partition coefficient (Wildman–Crippen LogP) is 2.37. The van der Waals surface area contributed by atoms with Gasteiger partial charge < -0.3 is 29.7 Å². The third kappa shape index (κ3) is 6.41. The van der Waals surface area contributed by atoms with Crippen LogP contribution in [-0.2, 0) is 19.1 Å². The second kappa shape index (κ2) is 13.2. The van der Waals surface area contributed by atoms with Gasteiger partial charge in [-0.25, -0.2) is 23.8 Å². The van der Waals surface area contributed by atoms with Gasteiger partial charge in [0.1, 0.15) is 18.5 Å². The van der Waals surface area contributed by atoms with Crippen molar-refractivity contribution in [2.75, 3.05) is 59.1 Å². The molecule has 12 nitrogen and oxygen atoms in total. The Hall–Kier alpha value is -3.59. The summed E-state index contributed by atoms with van der Waals surface area (Å²) in [6.07, 6.45) is 1.65. The molecule has 2 fully saturated rings. The quantitative estimate of drug-likeness (QED) is 0.287. The maximum absolute atomic E-state index is 14.6. The Morgan fingerprint density at radius 1 is 1.29 bits per heavy atom. The summed E-state index contributed by atoms with van der Waals surface area (Å²) < 4.78 is 25.1. The van der Waals surface area contributed by atoms with Crippen molar-refractivity contribution in [3.05, 3.63) is 62.5 Å². The van der Waals surface area contributed by atoms with E-state index in [1.165, 1.54) is 23.5 Å². The molecular formula is C27H30ClFN6O6S. The molecule has 3 aliphatic heterocycles. The Balaban J connectivity index is 1.40. The zero-order valence-electron chi connectivity index (χ0n) is 22.8. The number of nitrogens with zero attached hydrogens (tertiary/aromatic N) is 5. The summed E-state index contributed by atoms with van der Waals surface area (Å²) in [5.74, 6) is -1.84. The number of carbonyl (C=O) groups is 3. The first-order valence-electron chi connectivity index (χ1n) is 13.4. The molecule has 2 N–H and O–H groups in total. The number of hydrogen-bond donors (Lipinski definition) is 2. The Kier molecular flexibility index (Phi) is 9.36. The number of aliphatic imine (C=N–C) groups is 1. The summed E-state index contributed by atoms with van der Waals surface area (Å²) in [5.41, 5.74) is 1.10. The zero-order valence-corrected chi connectivity index (χ0v) is 24.4. The van der Waals surface area contributed by atoms with Gasteiger partial charge in [0.25, 0.3) is 0 Å². The van der Waals surface area contributed by atoms with E-state index in [9.17, 15) is 18.8 Å². The second-order valence-electron chi connectivity index (χ2n) is 9.86. The second-order valence-corrected chi connectivity index (χ2v) is 11.1. The fourth-order valence-electron chi connectivity index (χ4n) is 5.31. The van der Waals surface area contributed by atoms with Crippen molar-refractivity contribution < 1.29 is 33.4 Å². The van der Waals surface area contributed by atoms with Crippen molar-refractivity contribution in [1.29, 1.82) is 0 Å². The molecule has 1 aromatic carbocycles. The number of fused-ring (bicyclic) bond motifs is 1. The van der Waals surface area contributed by atoms with E-state index in [2.05, 4.69) is 15.2 Å². The molecule has 42 heavy (non-hydrogen) atoms. The molecule has 0 saturated carbocycles. The lowest BCUT2D eigenvalue weighted by molar-refractivity contribution is -0.142. The Morgan fingerprint density at radius 3 is 2.86 bits per heavy atom. The summed E-state index contributed by atoms with van der Waals surface area (Å²) in [6, 6.07) is 3.27. The van der Waals surface area contributed by atoms with Gasteiger partial charge in [-0.15, -0.1) is 11.3 Å². The first-order chi connectivity index (χ1) is 20.3. The van der Waals surface area contributed by atoms with Crippen molar-refractivity contribution in [1.82, 2.24) is 25.0 Å². The zero-order chi connectivity index (χ0) is 29.8. The first kappa shape index (κ1) is 29.9. The van der Waals surface area contributed by atoms with Gasteiger partial charge in [0.15, 0.2) is 10.8 Å². The highest BCUT2D eigenvalue weighted by molar-refractivity contribution is 7.11. The van der Waals surface area contributed by atoms with Crippen LogP contribution in [0, 0.1) is 5.82 Å². The molecule has 2 saturated heterocycles. The number of carboxylic acid groups (broad SMARTS) is 1. The maximum atomic E-state index is 14.6. The van der Waals surface area contributed by atoms with E-state index >= 15 is 0 Å². The van der Waals surface area contributed by atoms with E-state index in [1.807, 2.05) is 5.38 Å². The van der Waals surface area contributed by atoms with Crippen molar-refractivity contribution in [3.63, 3.8) is 0 Å². The summed E-state index contributed by atoms with van der Waals surface area (Å²) in [4.78, 5) is 51.7. The highest BCUT2D eigenvalue weighted by Crippen LogP contribution is 2.37. The number of carboxylic acids is 1. The first-order valence-corrected chi connectivity index (χ1v) is 14.7. The maximum Gasteiger partial charge on any atom is 0.338 e. The van der Waals surface area contributed by atoms with E-state index in [0.717, 1.165) is 0 Å². The fourth-order valence-corrected chi connectivity index (χ4v) is 6.12. The summed E-state index contributed by atoms with van der Waals surface area (Å²) in [5, 5.41) is 14.3. The Bertz CT molecular complexity index is 1410. The average Bonchev–Trinajstić information content (AvgIpc) is 3.61. The van der Waals surface area contributed by atoms with Crippen LogP contribution < -0.4 is 5.32 Å². The van der Waals surface area contributed by atoms with Crippen LogP contribution in [0.15, 0.2) is 46.0 Å². The van der Waals surface area contributed by atoms with Crippen LogP contribution in [0.2, 0.25) is 5.02 Å². The van der Waals surface area contributed by atoms with Crippen LogP contribution >= 0.6 is 22.9 Å². The molecule has 3 aliphatic rings. The van der Waals surface area contributed by atoms with Crippen LogP contribution in [0.1, 0.15) is 23.5 Å². The fraction of sp³-hybridized carbons (Fsp3) is 0.444. The van der Waals surface area contributed by atoms with Gasteiger partial charge in [-0.1, -0.05) is 23.7 Å². The SMILES string of the molecule is CCOC(=O)C1=C(CN2CCN3C(=O)N(CCOCC(=O)O)CC3C2)NC(c2nccs2)=NC1c1cccc(F)c1Cl. The van der Waals surface area contributed by atoms with Crippen molar-refractivity contribution in [2.45, 2.75) is 19.0 Å². The van der Waals surface area contributed by atoms with Crippen LogP contribution in [0.4, 0.5) is 9.18 Å². The lowest BCUT2D eigenvalue weighted by Crippen LogP contribution is -2.53. The number of benzene rings is 1. The van der Waals surface area contributed by atoms with Gasteiger partial charge in [-0.05, 0) is 13.0 Å². The number of carbonyl (C=O) groups excluding carboxylic acids is 2. The number of thiazole rings is 1. The van der Waals surface area contributed by atoms with E-state index in [4.69, 9.17) is 31.2 Å². The number of rotatable bonds is 11. The molecule has 0 spiro atoms. The lowest BCUT2D eigenvalue weighted by atomic mass is 9.95. The smallest absolute Gasteiger partial charge is 0.338 e. The van der Waals surface area contributed by atoms with E-state index < -0.39 is 30.4 Å². The predicted molar refractivity (Wildman–Crippen MR) is 152 cm³/mol. The van der Waals surface area contributed by atoms with Gasteiger partial charge in [0, 0.05) is 62.1 Å². The van der Waals surface area contributed by atoms with Crippen molar-refractivity contribution >= 4 is 46.7 Å². The topological polar surface area (TPSA) is 137 Å². The van der Waals surface area contributed by atoms with E-state index in [0.29, 0.717) is 61.4 Å². The molecule has 15 heteroatoms. The number of urea groups is 1. The normalized spacial score (nSPS) is 20.8. The van der Waals surface area contributed by atoms with Crippen LogP contribution in [-0.4, -0.2) is 114 Å². The molecule has 0 aliphatic carbocycles. The minimum atomic E-state index is -1.06. The van der Waals surface area contributed by atoms with Gasteiger partial charge in [0.05, 0.1) is 29.9 Å². The van der Waals surface area contributed by atoms with Crippen molar-refractivity contribution in [3.8, 4) is 0 Å². The molecule has 2 amide bonds. The molecule has 5 rings (SSSR count). The van der Waals surface area contributed by atoms with E-state index in [1.54, 1.807) is 29.0 Å². The number of halogens is 2. The standard InChI is InChI=1S/C27H30ClFN6O6S/c1-2-41-26(38)21-19(14-33-7-8-35-16(12-33)13-34(27(35)39)9-10-40-15-20(36)37)31-24(25-30-6-11-42-25)32-23(21)17-4-3-5-18(29)22(17)28/h3-6,11,16,23H,2,7-10,12-15H2,1H3,(H,31,32)(H,36,37). The third-order valence-electron chi connectivity index (χ3n) is 7.16. The number of aliphatic carboxylic acids is 1. The molecule has 0 bridgehead atoms. The summed E-state index contributed by atoms with van der Waals surface area (Å²) in [6.45, 7) is 4.18. The lowest BCUT2D eigenvalue weighted by Gasteiger charge is -2.38. The molecule has 224 valence electrons. The Labute approximate surface area is 250 Å². The number of hydrogen-bond acceptors (Lipinski definition) is 10. The number of amidine groups is 1. The number of ether oxygens (including phenoxy) is 2. The summed E-state index contributed by atoms with van der Waals surface area (Å²) in [7, 11) is 0. The van der Waals surface area contributed by atoms with Gasteiger partial charge in [-0.3, -0.25) is 9.89 Å². The molecule has 2 atom stereocenters. The monoisotopic (exact) mass is 620 g/mol. The Morgan fingerprint density at radius 2 is 2.12 bits per heavy atom. The molecule has 2 aromatic rings. The number of nitrogens with one attached hydrogen (secondary N) is 1. The number of amides is 2. The average molecular weight is 621 g/mol. The van der Waals surface area contributed by atoms with Gasteiger partial charge in [-0.2, -0.15) is 0 Å². The number of aromatic nitrogens is 1. The highest BCUT2D eigenvalue weighted by Gasteiger charge is 2.41. The minimum Gasteiger partial charge on any atom is -0.480 e. The largest absolute Gasteiger partial charge is 0.480 e. The molecule has 2 unspecified atom stereocenters. The number of esters is 1. The van der Waals surface area contributed by atoms with Crippen molar-refractivity contribution in [2.24, 2.45) is 4.99 Å². The van der Waals surface area contributed by atoms with Crippen LogP contribution in [0.3, 0.4) is 0 Å². The molecule has 1 aromatic heterocycles. The van der Waals surface area contributed by atoms with Gasteiger partial charge in [0.2, 0.25) is 0 Å². The molecule has 4 heterocycles. The van der Waals surface area contributed by atoms with Crippen LogP contribution in [0.25, 0.3) is 0 Å². The van der Waals surface area contributed by atoms with Crippen LogP contribution in [0.5, 0.6) is 0 Å². The highest BCUT2D eigenvalue weighted by atomic mass is 35.5. The molecule has 0 radical (unpaired) electrons. The minimum absolute atomic E-state index is 0.0958. The van der Waals surface area contributed by atoms with E-state index in [-0.39, 0.29) is 35.9 Å². The summed E-state index contributed by atoms with van der Waals surface area (Å²) >= 11 is 7.76.